The van der Waals surface area contributed by atoms with E-state index < -0.39 is 6.10 Å². The van der Waals surface area contributed by atoms with Crippen LogP contribution in [0.2, 0.25) is 0 Å². The van der Waals surface area contributed by atoms with Crippen molar-refractivity contribution in [2.24, 2.45) is 0 Å². The number of ether oxygens (including phenoxy) is 3. The lowest BCUT2D eigenvalue weighted by Gasteiger charge is -2.18. The van der Waals surface area contributed by atoms with Crippen molar-refractivity contribution in [3.63, 3.8) is 0 Å². The summed E-state index contributed by atoms with van der Waals surface area (Å²) >= 11 is 0. The summed E-state index contributed by atoms with van der Waals surface area (Å²) in [7, 11) is 0. The molecular formula is C66H106O6. The predicted octanol–water partition coefficient (Wildman–Crippen LogP) is 19.8. The Morgan fingerprint density at radius 2 is 0.569 bits per heavy atom. The minimum absolute atomic E-state index is 0.107. The Labute approximate surface area is 443 Å². The molecule has 0 aliphatic carbocycles. The van der Waals surface area contributed by atoms with Crippen molar-refractivity contribution in [3.05, 3.63) is 134 Å². The van der Waals surface area contributed by atoms with Gasteiger partial charge >= 0.3 is 17.9 Å². The number of allylic oxidation sites excluding steroid dienone is 22. The topological polar surface area (TPSA) is 78.9 Å². The van der Waals surface area contributed by atoms with E-state index in [-0.39, 0.29) is 37.5 Å². The molecule has 0 saturated carbocycles. The second-order valence-electron chi connectivity index (χ2n) is 18.8. The van der Waals surface area contributed by atoms with Gasteiger partial charge in [-0.2, -0.15) is 0 Å². The van der Waals surface area contributed by atoms with Gasteiger partial charge in [0.1, 0.15) is 13.2 Å². The van der Waals surface area contributed by atoms with Crippen molar-refractivity contribution in [2.45, 2.75) is 252 Å². The molecule has 0 radical (unpaired) electrons. The average molecular weight is 996 g/mol. The molecule has 0 N–H and O–H groups in total. The monoisotopic (exact) mass is 995 g/mol. The molecule has 0 saturated heterocycles. The van der Waals surface area contributed by atoms with Gasteiger partial charge in [-0.15, -0.1) is 0 Å². The van der Waals surface area contributed by atoms with Crippen molar-refractivity contribution < 1.29 is 28.6 Å². The Morgan fingerprint density at radius 3 is 0.958 bits per heavy atom. The summed E-state index contributed by atoms with van der Waals surface area (Å²) in [5.41, 5.74) is 0. The van der Waals surface area contributed by atoms with Crippen molar-refractivity contribution in [3.8, 4) is 0 Å². The third-order valence-electron chi connectivity index (χ3n) is 11.9. The highest BCUT2D eigenvalue weighted by Gasteiger charge is 2.19. The van der Waals surface area contributed by atoms with E-state index in [2.05, 4.69) is 154 Å². The maximum atomic E-state index is 12.8. The van der Waals surface area contributed by atoms with Gasteiger partial charge < -0.3 is 14.2 Å². The second-order valence-corrected chi connectivity index (χ2v) is 18.8. The summed E-state index contributed by atoms with van der Waals surface area (Å²) in [6.07, 6.45) is 83.1. The van der Waals surface area contributed by atoms with Gasteiger partial charge in [-0.1, -0.05) is 231 Å². The van der Waals surface area contributed by atoms with Crippen LogP contribution in [0, 0.1) is 0 Å². The molecular weight excluding hydrogens is 889 g/mol. The largest absolute Gasteiger partial charge is 0.462 e. The zero-order chi connectivity index (χ0) is 52.2. The molecule has 406 valence electrons. The van der Waals surface area contributed by atoms with Gasteiger partial charge in [0.15, 0.2) is 6.10 Å². The van der Waals surface area contributed by atoms with Crippen molar-refractivity contribution in [1.82, 2.24) is 0 Å². The average Bonchev–Trinajstić information content (AvgIpc) is 3.38. The highest BCUT2D eigenvalue weighted by atomic mass is 16.6. The van der Waals surface area contributed by atoms with E-state index in [9.17, 15) is 14.4 Å². The summed E-state index contributed by atoms with van der Waals surface area (Å²) in [5.74, 6) is -0.993. The molecule has 1 unspecified atom stereocenters. The van der Waals surface area contributed by atoms with Gasteiger partial charge in [0, 0.05) is 19.3 Å². The highest BCUT2D eigenvalue weighted by Crippen LogP contribution is 2.13. The molecule has 72 heavy (non-hydrogen) atoms. The fourth-order valence-corrected chi connectivity index (χ4v) is 7.48. The van der Waals surface area contributed by atoms with E-state index in [1.165, 1.54) is 70.6 Å². The van der Waals surface area contributed by atoms with Crippen LogP contribution in [-0.2, 0) is 28.6 Å². The van der Waals surface area contributed by atoms with Gasteiger partial charge in [-0.25, -0.2) is 0 Å². The lowest BCUT2D eigenvalue weighted by atomic mass is 10.1. The maximum Gasteiger partial charge on any atom is 0.306 e. The van der Waals surface area contributed by atoms with Crippen molar-refractivity contribution in [2.75, 3.05) is 13.2 Å². The van der Waals surface area contributed by atoms with E-state index in [4.69, 9.17) is 14.2 Å². The van der Waals surface area contributed by atoms with Crippen LogP contribution in [0.15, 0.2) is 134 Å². The molecule has 0 aromatic carbocycles. The number of esters is 3. The van der Waals surface area contributed by atoms with Gasteiger partial charge in [-0.3, -0.25) is 14.4 Å². The van der Waals surface area contributed by atoms with E-state index in [1.54, 1.807) is 0 Å². The molecule has 0 amide bonds. The molecule has 0 fully saturated rings. The SMILES string of the molecule is CC/C=C\C/C=C\C/C=C\C/C=C\C/C=C\C/C=C\C/C=C\C/C=C\C/C=C\CCCC(=O)OCC(COC(=O)CCCCCCC/C=C\CCCC)OC(=O)CCCCCCC/C=C\CCCCCCC. The van der Waals surface area contributed by atoms with Crippen LogP contribution in [0.3, 0.4) is 0 Å². The molecule has 0 aliphatic rings. The third kappa shape index (κ3) is 56.5. The van der Waals surface area contributed by atoms with Gasteiger partial charge in [-0.05, 0) is 128 Å². The van der Waals surface area contributed by atoms with E-state index in [1.807, 2.05) is 0 Å². The number of rotatable bonds is 51. The van der Waals surface area contributed by atoms with Gasteiger partial charge in [0.05, 0.1) is 0 Å². The molecule has 6 heteroatoms. The number of carbonyl (C=O) groups excluding carboxylic acids is 3. The second kappa shape index (κ2) is 59.1. The summed E-state index contributed by atoms with van der Waals surface area (Å²) in [5, 5.41) is 0. The quantitative estimate of drug-likeness (QED) is 0.0261. The lowest BCUT2D eigenvalue weighted by molar-refractivity contribution is -0.167. The Bertz CT molecular complexity index is 1560. The Hall–Kier alpha value is -4.45. The maximum absolute atomic E-state index is 12.8. The smallest absolute Gasteiger partial charge is 0.306 e. The third-order valence-corrected chi connectivity index (χ3v) is 11.9. The number of hydrogen-bond donors (Lipinski definition) is 0. The fraction of sp³-hybridized carbons (Fsp3) is 0.621. The van der Waals surface area contributed by atoms with Gasteiger partial charge in [0.2, 0.25) is 0 Å². The molecule has 0 spiro atoms. The molecule has 0 aromatic rings. The van der Waals surface area contributed by atoms with Crippen molar-refractivity contribution >= 4 is 17.9 Å². The van der Waals surface area contributed by atoms with Crippen LogP contribution in [0.4, 0.5) is 0 Å². The van der Waals surface area contributed by atoms with Crippen LogP contribution in [0.5, 0.6) is 0 Å². The Kier molecular flexibility index (Phi) is 55.5. The molecule has 1 atom stereocenters. The van der Waals surface area contributed by atoms with Crippen molar-refractivity contribution in [1.29, 1.82) is 0 Å². The molecule has 6 nitrogen and oxygen atoms in total. The lowest BCUT2D eigenvalue weighted by Crippen LogP contribution is -2.30. The highest BCUT2D eigenvalue weighted by molar-refractivity contribution is 5.71. The van der Waals surface area contributed by atoms with Crippen LogP contribution >= 0.6 is 0 Å². The van der Waals surface area contributed by atoms with Crippen LogP contribution < -0.4 is 0 Å². The number of unbranched alkanes of at least 4 members (excludes halogenated alkanes) is 18. The number of carbonyl (C=O) groups is 3. The zero-order valence-corrected chi connectivity index (χ0v) is 46.4. The first kappa shape index (κ1) is 67.5. The summed E-state index contributed by atoms with van der Waals surface area (Å²) in [4.78, 5) is 38.0. The summed E-state index contributed by atoms with van der Waals surface area (Å²) in [6, 6.07) is 0. The standard InChI is InChI=1S/C66H106O6/c1-4-7-10-13-16-19-22-24-26-27-28-29-30-31-32-33-34-35-36-37-38-39-40-42-44-47-50-53-56-59-65(68)71-62-63(61-70-64(67)58-55-52-49-46-43-21-18-15-12-9-6-3)72-66(69)60-57-54-51-48-45-41-25-23-20-17-14-11-8-5-2/h7,10,15-16,18-19,23-26,28-29,31-32,34-35,37-38,40,42,47,50,63H,4-6,8-9,11-14,17,20-22,27,30,33,36,39,41,43-46,48-49,51-62H2,1-3H3/b10-7-,18-15-,19-16-,25-23-,26-24-,29-28-,32-31-,35-34-,38-37-,42-40-,50-47-. The molecule has 0 bridgehead atoms. The first-order valence-corrected chi connectivity index (χ1v) is 29.2. The summed E-state index contributed by atoms with van der Waals surface area (Å²) in [6.45, 7) is 6.40. The Morgan fingerprint density at radius 1 is 0.292 bits per heavy atom. The van der Waals surface area contributed by atoms with E-state index >= 15 is 0 Å². The Balaban J connectivity index is 4.41. The predicted molar refractivity (Wildman–Crippen MR) is 311 cm³/mol. The zero-order valence-electron chi connectivity index (χ0n) is 46.4. The first-order chi connectivity index (χ1) is 35.5. The minimum Gasteiger partial charge on any atom is -0.462 e. The normalized spacial score (nSPS) is 13.1. The van der Waals surface area contributed by atoms with Crippen LogP contribution in [0.25, 0.3) is 0 Å². The molecule has 0 aliphatic heterocycles. The van der Waals surface area contributed by atoms with Crippen LogP contribution in [-0.4, -0.2) is 37.2 Å². The van der Waals surface area contributed by atoms with E-state index in [0.29, 0.717) is 19.3 Å². The fourth-order valence-electron chi connectivity index (χ4n) is 7.48. The number of hydrogen-bond acceptors (Lipinski definition) is 6. The molecule has 0 rings (SSSR count). The first-order valence-electron chi connectivity index (χ1n) is 29.2. The molecule has 0 heterocycles. The van der Waals surface area contributed by atoms with Crippen LogP contribution in [0.1, 0.15) is 245 Å². The van der Waals surface area contributed by atoms with E-state index in [0.717, 1.165) is 128 Å². The molecule has 0 aromatic heterocycles. The minimum atomic E-state index is -0.813. The summed E-state index contributed by atoms with van der Waals surface area (Å²) < 4.78 is 16.8. The van der Waals surface area contributed by atoms with Gasteiger partial charge in [0.25, 0.3) is 0 Å².